The zero-order valence-corrected chi connectivity index (χ0v) is 23.3. The molecule has 1 aliphatic rings. The summed E-state index contributed by atoms with van der Waals surface area (Å²) in [4.78, 5) is 16.5. The van der Waals surface area contributed by atoms with Crippen molar-refractivity contribution in [3.05, 3.63) is 82.3 Å². The third-order valence-corrected chi connectivity index (χ3v) is 8.09. The first kappa shape index (κ1) is 27.8. The topological polar surface area (TPSA) is 55.8 Å². The minimum absolute atomic E-state index is 0.290. The van der Waals surface area contributed by atoms with Gasteiger partial charge in [-0.3, -0.25) is 14.9 Å². The zero-order chi connectivity index (χ0) is 25.9. The van der Waals surface area contributed by atoms with E-state index in [2.05, 4.69) is 92.5 Å². The summed E-state index contributed by atoms with van der Waals surface area (Å²) >= 11 is 3.59. The van der Waals surface area contributed by atoms with Crippen molar-refractivity contribution in [1.82, 2.24) is 15.3 Å². The Balaban J connectivity index is 1.28. The summed E-state index contributed by atoms with van der Waals surface area (Å²) in [5.41, 5.74) is 4.53. The molecule has 0 aromatic heterocycles. The molecule has 2 N–H and O–H groups in total. The van der Waals surface area contributed by atoms with Gasteiger partial charge in [0.25, 0.3) is 0 Å². The number of carbonyl (C=O) groups excluding carboxylic acids is 1. The highest BCUT2D eigenvalue weighted by molar-refractivity contribution is 9.10. The van der Waals surface area contributed by atoms with Gasteiger partial charge < -0.3 is 4.90 Å². The summed E-state index contributed by atoms with van der Waals surface area (Å²) in [5.74, 6) is 0.460. The van der Waals surface area contributed by atoms with E-state index in [9.17, 15) is 4.79 Å². The van der Waals surface area contributed by atoms with Crippen LogP contribution in [0.25, 0.3) is 10.8 Å². The number of benzene rings is 3. The molecule has 198 valence electrons. The van der Waals surface area contributed by atoms with Gasteiger partial charge in [0, 0.05) is 30.5 Å². The summed E-state index contributed by atoms with van der Waals surface area (Å²) in [5, 5.41) is 11.4. The van der Waals surface area contributed by atoms with Crippen molar-refractivity contribution >= 4 is 32.6 Å². The van der Waals surface area contributed by atoms with Crippen molar-refractivity contribution in [2.75, 3.05) is 32.7 Å². The maximum Gasteiger partial charge on any atom is 0.243 e. The molecule has 1 aliphatic heterocycles. The van der Waals surface area contributed by atoms with Crippen LogP contribution in [0.3, 0.4) is 0 Å². The Kier molecular flexibility index (Phi) is 11.0. The first-order valence-corrected chi connectivity index (χ1v) is 14.5. The SMILES string of the molecule is O=C(CCCCCN(CCc1cccc2ccccc12)CCC1CCN(Cc2cccc(Br)c2)C1)NO. The molecule has 0 aliphatic carbocycles. The maximum atomic E-state index is 11.3. The quantitative estimate of drug-likeness (QED) is 0.134. The molecule has 3 aromatic carbocycles. The third kappa shape index (κ3) is 8.92. The third-order valence-electron chi connectivity index (χ3n) is 7.60. The van der Waals surface area contributed by atoms with Crippen LogP contribution in [-0.2, 0) is 17.8 Å². The van der Waals surface area contributed by atoms with Gasteiger partial charge in [-0.2, -0.15) is 0 Å². The number of hydrogen-bond donors (Lipinski definition) is 2. The minimum Gasteiger partial charge on any atom is -0.303 e. The first-order valence-electron chi connectivity index (χ1n) is 13.7. The van der Waals surface area contributed by atoms with Crippen LogP contribution in [0.4, 0.5) is 0 Å². The van der Waals surface area contributed by atoms with E-state index in [1.165, 1.54) is 47.8 Å². The number of carbonyl (C=O) groups is 1. The molecule has 0 bridgehead atoms. The van der Waals surface area contributed by atoms with Gasteiger partial charge in [-0.15, -0.1) is 0 Å². The largest absolute Gasteiger partial charge is 0.303 e. The molecule has 0 spiro atoms. The summed E-state index contributed by atoms with van der Waals surface area (Å²) in [6.07, 6.45) is 6.85. The fraction of sp³-hybridized carbons (Fsp3) is 0.452. The van der Waals surface area contributed by atoms with Gasteiger partial charge >= 0.3 is 0 Å². The Morgan fingerprint density at radius 2 is 1.84 bits per heavy atom. The predicted octanol–water partition coefficient (Wildman–Crippen LogP) is 6.42. The van der Waals surface area contributed by atoms with Crippen LogP contribution in [0.1, 0.15) is 49.7 Å². The highest BCUT2D eigenvalue weighted by atomic mass is 79.9. The number of rotatable bonds is 14. The second kappa shape index (κ2) is 14.6. The van der Waals surface area contributed by atoms with Gasteiger partial charge in [0.2, 0.25) is 5.91 Å². The van der Waals surface area contributed by atoms with Crippen LogP contribution < -0.4 is 5.48 Å². The number of nitrogens with one attached hydrogen (secondary N) is 1. The fourth-order valence-corrected chi connectivity index (χ4v) is 5.98. The molecule has 1 fully saturated rings. The maximum absolute atomic E-state index is 11.3. The monoisotopic (exact) mass is 565 g/mol. The number of unbranched alkanes of at least 4 members (excludes halogenated alkanes) is 2. The number of hydrogen-bond acceptors (Lipinski definition) is 4. The molecule has 37 heavy (non-hydrogen) atoms. The molecule has 3 aromatic rings. The average Bonchev–Trinajstić information content (AvgIpc) is 3.36. The Bertz CT molecular complexity index is 1130. The Morgan fingerprint density at radius 3 is 2.70 bits per heavy atom. The standard InChI is InChI=1S/C31H40BrN3O2/c32-29-12-6-8-26(22-29)24-35-20-16-25(23-35)15-19-34(18-5-1-2-14-31(36)33-37)21-17-28-11-7-10-27-9-3-4-13-30(27)28/h3-4,6-13,22,25,37H,1-2,5,14-21,23-24H2,(H,33,36). The number of likely N-dealkylation sites (tertiary alicyclic amines) is 1. The zero-order valence-electron chi connectivity index (χ0n) is 21.7. The second-order valence-corrected chi connectivity index (χ2v) is 11.3. The van der Waals surface area contributed by atoms with Crippen LogP contribution in [0.2, 0.25) is 0 Å². The molecule has 1 amide bonds. The molecule has 0 radical (unpaired) electrons. The second-order valence-electron chi connectivity index (χ2n) is 10.4. The summed E-state index contributed by atoms with van der Waals surface area (Å²) in [6, 6.07) is 24.0. The molecule has 1 heterocycles. The smallest absolute Gasteiger partial charge is 0.243 e. The molecule has 4 rings (SSSR count). The molecule has 1 atom stereocenters. The molecule has 1 saturated heterocycles. The van der Waals surface area contributed by atoms with E-state index >= 15 is 0 Å². The van der Waals surface area contributed by atoms with Crippen LogP contribution in [0.5, 0.6) is 0 Å². The lowest BCUT2D eigenvalue weighted by Crippen LogP contribution is -2.30. The average molecular weight is 567 g/mol. The lowest BCUT2D eigenvalue weighted by Gasteiger charge is -2.24. The van der Waals surface area contributed by atoms with Crippen molar-refractivity contribution < 1.29 is 10.0 Å². The Hall–Kier alpha value is -2.25. The van der Waals surface area contributed by atoms with Gasteiger partial charge in [-0.1, -0.05) is 76.9 Å². The van der Waals surface area contributed by atoms with Crippen LogP contribution in [-0.4, -0.2) is 53.6 Å². The number of halogens is 1. The molecule has 0 saturated carbocycles. The highest BCUT2D eigenvalue weighted by Crippen LogP contribution is 2.24. The first-order chi connectivity index (χ1) is 18.1. The van der Waals surface area contributed by atoms with Gasteiger partial charge in [0.1, 0.15) is 0 Å². The van der Waals surface area contributed by atoms with E-state index in [1.54, 1.807) is 5.48 Å². The van der Waals surface area contributed by atoms with E-state index in [0.717, 1.165) is 62.3 Å². The van der Waals surface area contributed by atoms with Crippen LogP contribution in [0.15, 0.2) is 71.2 Å². The van der Waals surface area contributed by atoms with Gasteiger partial charge in [0.05, 0.1) is 0 Å². The van der Waals surface area contributed by atoms with Crippen molar-refractivity contribution in [3.63, 3.8) is 0 Å². The normalized spacial score (nSPS) is 16.0. The lowest BCUT2D eigenvalue weighted by atomic mass is 10.0. The fourth-order valence-electron chi connectivity index (χ4n) is 5.53. The van der Waals surface area contributed by atoms with Crippen molar-refractivity contribution in [2.45, 2.75) is 51.5 Å². The number of amides is 1. The van der Waals surface area contributed by atoms with Gasteiger partial charge in [0.15, 0.2) is 0 Å². The molecule has 6 heteroatoms. The number of fused-ring (bicyclic) bond motifs is 1. The molecular formula is C31H40BrN3O2. The molecule has 5 nitrogen and oxygen atoms in total. The summed E-state index contributed by atoms with van der Waals surface area (Å²) < 4.78 is 1.15. The van der Waals surface area contributed by atoms with E-state index in [1.807, 2.05) is 0 Å². The van der Waals surface area contributed by atoms with E-state index in [0.29, 0.717) is 6.42 Å². The predicted molar refractivity (Wildman–Crippen MR) is 155 cm³/mol. The minimum atomic E-state index is -0.290. The Labute approximate surface area is 229 Å². The number of nitrogens with zero attached hydrogens (tertiary/aromatic N) is 2. The number of hydroxylamine groups is 1. The van der Waals surface area contributed by atoms with E-state index in [-0.39, 0.29) is 5.91 Å². The van der Waals surface area contributed by atoms with Crippen molar-refractivity contribution in [2.24, 2.45) is 5.92 Å². The summed E-state index contributed by atoms with van der Waals surface area (Å²) in [6.45, 7) is 6.62. The van der Waals surface area contributed by atoms with Gasteiger partial charge in [-0.25, -0.2) is 5.48 Å². The molecule has 1 unspecified atom stereocenters. The highest BCUT2D eigenvalue weighted by Gasteiger charge is 2.23. The van der Waals surface area contributed by atoms with E-state index < -0.39 is 0 Å². The molecular weight excluding hydrogens is 526 g/mol. The van der Waals surface area contributed by atoms with Gasteiger partial charge in [-0.05, 0) is 91.7 Å². The van der Waals surface area contributed by atoms with Crippen LogP contribution in [0, 0.1) is 5.92 Å². The van der Waals surface area contributed by atoms with Crippen molar-refractivity contribution in [1.29, 1.82) is 0 Å². The summed E-state index contributed by atoms with van der Waals surface area (Å²) in [7, 11) is 0. The Morgan fingerprint density at radius 1 is 1.00 bits per heavy atom. The lowest BCUT2D eigenvalue weighted by molar-refractivity contribution is -0.129. The van der Waals surface area contributed by atoms with Crippen molar-refractivity contribution in [3.8, 4) is 0 Å². The van der Waals surface area contributed by atoms with Crippen LogP contribution >= 0.6 is 15.9 Å². The van der Waals surface area contributed by atoms with E-state index in [4.69, 9.17) is 5.21 Å².